The summed E-state index contributed by atoms with van der Waals surface area (Å²) in [6.07, 6.45) is 5.61. The zero-order valence-electron chi connectivity index (χ0n) is 12.2. The fraction of sp³-hybridized carbons (Fsp3) is 0.412. The molecule has 0 bridgehead atoms. The van der Waals surface area contributed by atoms with Gasteiger partial charge in [-0.25, -0.2) is 0 Å². The molecule has 110 valence electrons. The predicted molar refractivity (Wildman–Crippen MR) is 81.5 cm³/mol. The van der Waals surface area contributed by atoms with Crippen molar-refractivity contribution >= 4 is 16.9 Å². The van der Waals surface area contributed by atoms with Crippen LogP contribution >= 0.6 is 0 Å². The lowest BCUT2D eigenvalue weighted by Crippen LogP contribution is -2.38. The fourth-order valence-corrected chi connectivity index (χ4v) is 3.02. The molecular weight excluding hydrogens is 266 g/mol. The van der Waals surface area contributed by atoms with Gasteiger partial charge in [-0.2, -0.15) is 0 Å². The number of para-hydroxylation sites is 1. The molecule has 0 saturated heterocycles. The molecule has 0 unspecified atom stereocenters. The molecule has 1 aromatic heterocycles. The molecule has 2 aromatic rings. The topological polar surface area (TPSA) is 50.5 Å². The van der Waals surface area contributed by atoms with E-state index in [1.807, 2.05) is 0 Å². The first-order valence-electron chi connectivity index (χ1n) is 7.47. The van der Waals surface area contributed by atoms with Gasteiger partial charge in [0.25, 0.3) is 5.91 Å². The molecule has 4 nitrogen and oxygen atoms in total. The molecule has 1 aromatic carbocycles. The summed E-state index contributed by atoms with van der Waals surface area (Å²) in [5.74, 6) is -0.0727. The molecule has 3 rings (SSSR count). The molecule has 21 heavy (non-hydrogen) atoms. The normalized spacial score (nSPS) is 16.0. The molecule has 1 fully saturated rings. The zero-order chi connectivity index (χ0) is 14.8. The van der Waals surface area contributed by atoms with Crippen molar-refractivity contribution in [1.29, 1.82) is 0 Å². The third kappa shape index (κ3) is 2.71. The van der Waals surface area contributed by atoms with Crippen LogP contribution in [-0.4, -0.2) is 23.9 Å². The Kier molecular flexibility index (Phi) is 3.78. The van der Waals surface area contributed by atoms with E-state index in [-0.39, 0.29) is 23.1 Å². The zero-order valence-corrected chi connectivity index (χ0v) is 12.2. The number of fused-ring (bicyclic) bond motifs is 1. The summed E-state index contributed by atoms with van der Waals surface area (Å²) < 4.78 is 5.63. The van der Waals surface area contributed by atoms with Crippen molar-refractivity contribution < 1.29 is 9.21 Å². The summed E-state index contributed by atoms with van der Waals surface area (Å²) in [5.41, 5.74) is 0.294. The van der Waals surface area contributed by atoms with Gasteiger partial charge in [-0.05, 0) is 25.0 Å². The van der Waals surface area contributed by atoms with Crippen LogP contribution < -0.4 is 5.43 Å². The van der Waals surface area contributed by atoms with Crippen LogP contribution in [-0.2, 0) is 0 Å². The van der Waals surface area contributed by atoms with E-state index in [0.717, 1.165) is 25.7 Å². The minimum absolute atomic E-state index is 0.131. The third-order valence-electron chi connectivity index (χ3n) is 4.29. The predicted octanol–water partition coefficient (Wildman–Crippen LogP) is 3.20. The van der Waals surface area contributed by atoms with E-state index < -0.39 is 0 Å². The molecule has 0 atom stereocenters. The summed E-state index contributed by atoms with van der Waals surface area (Å²) in [5, 5.41) is 0.509. The Morgan fingerprint density at radius 3 is 2.67 bits per heavy atom. The molecule has 0 N–H and O–H groups in total. The van der Waals surface area contributed by atoms with E-state index in [1.54, 1.807) is 36.2 Å². The third-order valence-corrected chi connectivity index (χ3v) is 4.29. The maximum absolute atomic E-state index is 12.5. The first kappa shape index (κ1) is 13.9. The molecule has 4 heteroatoms. The van der Waals surface area contributed by atoms with Crippen LogP contribution in [0.3, 0.4) is 0 Å². The Morgan fingerprint density at radius 1 is 1.19 bits per heavy atom. The Morgan fingerprint density at radius 2 is 1.90 bits per heavy atom. The summed E-state index contributed by atoms with van der Waals surface area (Å²) in [7, 11) is 1.80. The number of carbonyl (C=O) groups is 1. The van der Waals surface area contributed by atoms with Crippen molar-refractivity contribution in [3.05, 3.63) is 46.3 Å². The second-order valence-electron chi connectivity index (χ2n) is 5.68. The summed E-state index contributed by atoms with van der Waals surface area (Å²) >= 11 is 0. The highest BCUT2D eigenvalue weighted by molar-refractivity contribution is 5.93. The monoisotopic (exact) mass is 285 g/mol. The smallest absolute Gasteiger partial charge is 0.289 e. The first-order valence-corrected chi connectivity index (χ1v) is 7.47. The average molecular weight is 285 g/mol. The highest BCUT2D eigenvalue weighted by Gasteiger charge is 2.25. The van der Waals surface area contributed by atoms with E-state index in [4.69, 9.17) is 4.42 Å². The number of carbonyl (C=O) groups excluding carboxylic acids is 1. The first-order chi connectivity index (χ1) is 10.2. The van der Waals surface area contributed by atoms with Crippen molar-refractivity contribution in [2.75, 3.05) is 7.05 Å². The van der Waals surface area contributed by atoms with Crippen molar-refractivity contribution in [1.82, 2.24) is 4.90 Å². The molecule has 1 heterocycles. The van der Waals surface area contributed by atoms with E-state index in [9.17, 15) is 9.59 Å². The largest absolute Gasteiger partial charge is 0.451 e. The number of amides is 1. The van der Waals surface area contributed by atoms with Crippen LogP contribution in [0.1, 0.15) is 42.7 Å². The Labute approximate surface area is 123 Å². The van der Waals surface area contributed by atoms with Crippen molar-refractivity contribution in [2.45, 2.75) is 38.1 Å². The summed E-state index contributed by atoms with van der Waals surface area (Å²) in [6, 6.07) is 8.57. The molecular formula is C17H19NO3. The highest BCUT2D eigenvalue weighted by atomic mass is 16.3. The van der Waals surface area contributed by atoms with Gasteiger partial charge in [0.05, 0.1) is 5.39 Å². The minimum atomic E-state index is -0.204. The molecule has 1 saturated carbocycles. The molecule has 0 spiro atoms. The lowest BCUT2D eigenvalue weighted by molar-refractivity contribution is 0.0664. The molecule has 1 aliphatic carbocycles. The van der Waals surface area contributed by atoms with Crippen molar-refractivity contribution in [3.8, 4) is 0 Å². The van der Waals surface area contributed by atoms with Crippen molar-refractivity contribution in [3.63, 3.8) is 0 Å². The molecule has 1 aliphatic rings. The van der Waals surface area contributed by atoms with Crippen LogP contribution in [0.2, 0.25) is 0 Å². The second kappa shape index (κ2) is 5.72. The van der Waals surface area contributed by atoms with Gasteiger partial charge < -0.3 is 9.32 Å². The van der Waals surface area contributed by atoms with Crippen LogP contribution in [0.4, 0.5) is 0 Å². The molecule has 0 radical (unpaired) electrons. The number of benzene rings is 1. The lowest BCUT2D eigenvalue weighted by atomic mass is 9.94. The van der Waals surface area contributed by atoms with E-state index in [2.05, 4.69) is 0 Å². The Bertz CT molecular complexity index is 713. The van der Waals surface area contributed by atoms with Crippen LogP contribution in [0.15, 0.2) is 39.5 Å². The van der Waals surface area contributed by atoms with Gasteiger partial charge in [-0.3, -0.25) is 9.59 Å². The number of hydrogen-bond acceptors (Lipinski definition) is 3. The van der Waals surface area contributed by atoms with Crippen LogP contribution in [0.5, 0.6) is 0 Å². The number of rotatable bonds is 2. The van der Waals surface area contributed by atoms with Crippen LogP contribution in [0.25, 0.3) is 11.0 Å². The van der Waals surface area contributed by atoms with Gasteiger partial charge in [-0.15, -0.1) is 0 Å². The van der Waals surface area contributed by atoms with Gasteiger partial charge >= 0.3 is 0 Å². The van der Waals surface area contributed by atoms with Gasteiger partial charge in [0.2, 0.25) is 0 Å². The molecule has 1 amide bonds. The summed E-state index contributed by atoms with van der Waals surface area (Å²) in [6.45, 7) is 0. The van der Waals surface area contributed by atoms with Gasteiger partial charge in [0.15, 0.2) is 11.2 Å². The van der Waals surface area contributed by atoms with E-state index in [0.29, 0.717) is 11.0 Å². The quantitative estimate of drug-likeness (QED) is 0.851. The lowest BCUT2D eigenvalue weighted by Gasteiger charge is -2.30. The molecule has 0 aliphatic heterocycles. The Hall–Kier alpha value is -2.10. The van der Waals surface area contributed by atoms with E-state index >= 15 is 0 Å². The Balaban J connectivity index is 1.92. The van der Waals surface area contributed by atoms with E-state index in [1.165, 1.54) is 12.5 Å². The van der Waals surface area contributed by atoms with Gasteiger partial charge in [0, 0.05) is 19.2 Å². The maximum atomic E-state index is 12.5. The highest BCUT2D eigenvalue weighted by Crippen LogP contribution is 2.23. The number of hydrogen-bond donors (Lipinski definition) is 0. The van der Waals surface area contributed by atoms with Crippen molar-refractivity contribution in [2.24, 2.45) is 0 Å². The minimum Gasteiger partial charge on any atom is -0.451 e. The second-order valence-corrected chi connectivity index (χ2v) is 5.68. The standard InChI is InChI=1S/C17H19NO3/c1-18(12-7-3-2-4-8-12)17(20)16-11-14(19)13-9-5-6-10-15(13)21-16/h5-6,9-12H,2-4,7-8H2,1H3. The maximum Gasteiger partial charge on any atom is 0.289 e. The number of nitrogens with zero attached hydrogens (tertiary/aromatic N) is 1. The van der Waals surface area contributed by atoms with Gasteiger partial charge in [0.1, 0.15) is 5.58 Å². The average Bonchev–Trinajstić information content (AvgIpc) is 2.54. The van der Waals surface area contributed by atoms with Crippen LogP contribution in [0, 0.1) is 0 Å². The summed E-state index contributed by atoms with van der Waals surface area (Å²) in [4.78, 5) is 26.3. The van der Waals surface area contributed by atoms with Gasteiger partial charge in [-0.1, -0.05) is 31.4 Å². The SMILES string of the molecule is CN(C(=O)c1cc(=O)c2ccccc2o1)C1CCCCC1. The fourth-order valence-electron chi connectivity index (χ4n) is 3.02.